The van der Waals surface area contributed by atoms with Crippen LogP contribution < -0.4 is 5.32 Å². The molecule has 0 bridgehead atoms. The van der Waals surface area contributed by atoms with Gasteiger partial charge in [-0.1, -0.05) is 32.6 Å². The number of hydrogen-bond donors (Lipinski definition) is 1. The molecule has 2 rings (SSSR count). The van der Waals surface area contributed by atoms with Crippen molar-refractivity contribution < 1.29 is 4.21 Å². The topological polar surface area (TPSA) is 29.1 Å². The van der Waals surface area contributed by atoms with E-state index in [0.29, 0.717) is 16.5 Å². The molecule has 17 heavy (non-hydrogen) atoms. The SMILES string of the molecule is CCCNC1CCCC1S(=O)C1CCCCC1. The third-order valence-electron chi connectivity index (χ3n) is 4.29. The van der Waals surface area contributed by atoms with Crippen molar-refractivity contribution in [2.75, 3.05) is 6.54 Å². The third-order valence-corrected chi connectivity index (χ3v) is 6.58. The first-order valence-corrected chi connectivity index (χ1v) is 8.73. The van der Waals surface area contributed by atoms with Crippen molar-refractivity contribution in [2.45, 2.75) is 81.3 Å². The molecule has 0 aromatic rings. The summed E-state index contributed by atoms with van der Waals surface area (Å²) in [6, 6.07) is 0.540. The molecule has 0 amide bonds. The van der Waals surface area contributed by atoms with Crippen LogP contribution in [0.15, 0.2) is 0 Å². The van der Waals surface area contributed by atoms with Crippen LogP contribution in [0.25, 0.3) is 0 Å². The lowest BCUT2D eigenvalue weighted by Crippen LogP contribution is -2.41. The number of rotatable bonds is 5. The molecule has 0 aromatic carbocycles. The van der Waals surface area contributed by atoms with Crippen LogP contribution in [0.2, 0.25) is 0 Å². The Morgan fingerprint density at radius 2 is 1.82 bits per heavy atom. The summed E-state index contributed by atoms with van der Waals surface area (Å²) in [5.74, 6) is 0. The summed E-state index contributed by atoms with van der Waals surface area (Å²) < 4.78 is 12.6. The van der Waals surface area contributed by atoms with E-state index in [0.717, 1.165) is 6.54 Å². The molecule has 2 saturated carbocycles. The summed E-state index contributed by atoms with van der Waals surface area (Å²) in [5.41, 5.74) is 0. The second-order valence-electron chi connectivity index (χ2n) is 5.62. The Labute approximate surface area is 108 Å². The van der Waals surface area contributed by atoms with Crippen molar-refractivity contribution in [3.05, 3.63) is 0 Å². The van der Waals surface area contributed by atoms with Gasteiger partial charge in [0, 0.05) is 22.1 Å². The van der Waals surface area contributed by atoms with Gasteiger partial charge in [0.05, 0.1) is 5.25 Å². The molecule has 3 heteroatoms. The molecule has 2 fully saturated rings. The molecule has 2 nitrogen and oxygen atoms in total. The minimum atomic E-state index is -0.578. The Morgan fingerprint density at radius 1 is 1.06 bits per heavy atom. The zero-order chi connectivity index (χ0) is 12.1. The maximum Gasteiger partial charge on any atom is 0.0504 e. The molecule has 3 atom stereocenters. The fourth-order valence-corrected chi connectivity index (χ4v) is 5.56. The minimum Gasteiger partial charge on any atom is -0.313 e. The summed E-state index contributed by atoms with van der Waals surface area (Å²) in [6.07, 6.45) is 11.3. The van der Waals surface area contributed by atoms with Gasteiger partial charge in [0.1, 0.15) is 0 Å². The van der Waals surface area contributed by atoms with Crippen LogP contribution in [0, 0.1) is 0 Å². The predicted molar refractivity (Wildman–Crippen MR) is 74.7 cm³/mol. The van der Waals surface area contributed by atoms with Crippen LogP contribution in [-0.4, -0.2) is 27.3 Å². The van der Waals surface area contributed by atoms with E-state index in [2.05, 4.69) is 12.2 Å². The second kappa shape index (κ2) is 6.89. The monoisotopic (exact) mass is 257 g/mol. The fraction of sp³-hybridized carbons (Fsp3) is 1.00. The average molecular weight is 257 g/mol. The number of hydrogen-bond acceptors (Lipinski definition) is 2. The lowest BCUT2D eigenvalue weighted by molar-refractivity contribution is 0.488. The Bertz CT molecular complexity index is 251. The van der Waals surface area contributed by atoms with Gasteiger partial charge in [-0.2, -0.15) is 0 Å². The van der Waals surface area contributed by atoms with Crippen molar-refractivity contribution in [1.82, 2.24) is 5.32 Å². The summed E-state index contributed by atoms with van der Waals surface area (Å²) in [7, 11) is -0.578. The third kappa shape index (κ3) is 3.54. The molecule has 2 aliphatic rings. The summed E-state index contributed by atoms with van der Waals surface area (Å²) in [5, 5.41) is 4.57. The minimum absolute atomic E-state index is 0.449. The van der Waals surface area contributed by atoms with Crippen LogP contribution in [0.5, 0.6) is 0 Å². The second-order valence-corrected chi connectivity index (χ2v) is 7.55. The van der Waals surface area contributed by atoms with Gasteiger partial charge in [0.15, 0.2) is 0 Å². The van der Waals surface area contributed by atoms with E-state index in [1.807, 2.05) is 0 Å². The van der Waals surface area contributed by atoms with Crippen molar-refractivity contribution in [3.8, 4) is 0 Å². The largest absolute Gasteiger partial charge is 0.313 e. The maximum atomic E-state index is 12.6. The summed E-state index contributed by atoms with van der Waals surface area (Å²) in [4.78, 5) is 0. The maximum absolute atomic E-state index is 12.6. The zero-order valence-electron chi connectivity index (χ0n) is 11.1. The molecule has 2 aliphatic carbocycles. The van der Waals surface area contributed by atoms with E-state index >= 15 is 0 Å². The van der Waals surface area contributed by atoms with Crippen molar-refractivity contribution >= 4 is 10.8 Å². The normalized spacial score (nSPS) is 32.8. The molecule has 0 radical (unpaired) electrons. The highest BCUT2D eigenvalue weighted by Gasteiger charge is 2.35. The quantitative estimate of drug-likeness (QED) is 0.820. The molecule has 0 aliphatic heterocycles. The Balaban J connectivity index is 1.88. The molecule has 1 N–H and O–H groups in total. The van der Waals surface area contributed by atoms with E-state index < -0.39 is 10.8 Å². The van der Waals surface area contributed by atoms with Gasteiger partial charge in [-0.3, -0.25) is 4.21 Å². The van der Waals surface area contributed by atoms with Gasteiger partial charge < -0.3 is 5.32 Å². The van der Waals surface area contributed by atoms with Crippen molar-refractivity contribution in [2.24, 2.45) is 0 Å². The van der Waals surface area contributed by atoms with E-state index in [1.165, 1.54) is 57.8 Å². The Hall–Kier alpha value is 0.110. The van der Waals surface area contributed by atoms with Crippen LogP contribution in [0.3, 0.4) is 0 Å². The van der Waals surface area contributed by atoms with Gasteiger partial charge in [0.2, 0.25) is 0 Å². The Kier molecular flexibility index (Phi) is 5.49. The summed E-state index contributed by atoms with van der Waals surface area (Å²) in [6.45, 7) is 3.29. The molecule has 3 unspecified atom stereocenters. The van der Waals surface area contributed by atoms with E-state index in [9.17, 15) is 4.21 Å². The van der Waals surface area contributed by atoms with E-state index in [-0.39, 0.29) is 0 Å². The van der Waals surface area contributed by atoms with Crippen molar-refractivity contribution in [3.63, 3.8) is 0 Å². The lowest BCUT2D eigenvalue weighted by atomic mass is 10.0. The molecule has 0 aromatic heterocycles. The van der Waals surface area contributed by atoms with Gasteiger partial charge in [-0.05, 0) is 38.6 Å². The lowest BCUT2D eigenvalue weighted by Gasteiger charge is -2.27. The first-order valence-electron chi connectivity index (χ1n) is 7.45. The molecule has 0 saturated heterocycles. The number of nitrogens with one attached hydrogen (secondary N) is 1. The van der Waals surface area contributed by atoms with E-state index in [1.54, 1.807) is 0 Å². The van der Waals surface area contributed by atoms with Crippen LogP contribution in [0.1, 0.15) is 64.7 Å². The first-order chi connectivity index (χ1) is 8.33. The Morgan fingerprint density at radius 3 is 2.53 bits per heavy atom. The van der Waals surface area contributed by atoms with Crippen LogP contribution in [-0.2, 0) is 10.8 Å². The smallest absolute Gasteiger partial charge is 0.0504 e. The summed E-state index contributed by atoms with van der Waals surface area (Å²) >= 11 is 0. The van der Waals surface area contributed by atoms with Gasteiger partial charge in [0.25, 0.3) is 0 Å². The average Bonchev–Trinajstić information content (AvgIpc) is 2.84. The molecular formula is C14H27NOS. The molecule has 100 valence electrons. The highest BCUT2D eigenvalue weighted by Crippen LogP contribution is 2.31. The standard InChI is InChI=1S/C14H27NOS/c1-2-11-15-13-9-6-10-14(13)17(16)12-7-4-3-5-8-12/h12-15H,2-11H2,1H3. The molecule has 0 spiro atoms. The van der Waals surface area contributed by atoms with E-state index in [4.69, 9.17) is 0 Å². The van der Waals surface area contributed by atoms with Crippen LogP contribution in [0.4, 0.5) is 0 Å². The predicted octanol–water partition coefficient (Wildman–Crippen LogP) is 2.99. The highest BCUT2D eigenvalue weighted by molar-refractivity contribution is 7.86. The fourth-order valence-electron chi connectivity index (χ4n) is 3.31. The van der Waals surface area contributed by atoms with Gasteiger partial charge in [-0.25, -0.2) is 0 Å². The van der Waals surface area contributed by atoms with Gasteiger partial charge >= 0.3 is 0 Å². The molecular weight excluding hydrogens is 230 g/mol. The van der Waals surface area contributed by atoms with Crippen LogP contribution >= 0.6 is 0 Å². The highest BCUT2D eigenvalue weighted by atomic mass is 32.2. The van der Waals surface area contributed by atoms with Crippen molar-refractivity contribution in [1.29, 1.82) is 0 Å². The van der Waals surface area contributed by atoms with Gasteiger partial charge in [-0.15, -0.1) is 0 Å². The molecule has 0 heterocycles. The first kappa shape index (κ1) is 13.5. The zero-order valence-corrected chi connectivity index (χ0v) is 11.9.